The van der Waals surface area contributed by atoms with Crippen molar-refractivity contribution in [1.29, 1.82) is 0 Å². The second-order valence-electron chi connectivity index (χ2n) is 5.26. The molecule has 21 heavy (non-hydrogen) atoms. The van der Waals surface area contributed by atoms with E-state index in [0.717, 1.165) is 0 Å². The van der Waals surface area contributed by atoms with E-state index in [1.807, 2.05) is 0 Å². The molecular weight excluding hydrogens is 276 g/mol. The number of ether oxygens (including phenoxy) is 1. The lowest BCUT2D eigenvalue weighted by Crippen LogP contribution is -2.60. The zero-order chi connectivity index (χ0) is 15.8. The lowest BCUT2D eigenvalue weighted by Gasteiger charge is -2.40. The number of carbonyl (C=O) groups is 3. The molecule has 7 heteroatoms. The highest BCUT2D eigenvalue weighted by molar-refractivity contribution is 6.08. The van der Waals surface area contributed by atoms with Crippen LogP contribution in [-0.4, -0.2) is 35.7 Å². The number of aromatic carboxylic acids is 1. The van der Waals surface area contributed by atoms with Crippen LogP contribution in [0, 0.1) is 0 Å². The molecule has 3 N–H and O–H groups in total. The SMILES string of the molecule is COC(C)(C)C1(c2ccc(C(=O)O)cc2)NC(=O)NC1=O. The zero-order valence-corrected chi connectivity index (χ0v) is 11.9. The maximum absolute atomic E-state index is 12.3. The van der Waals surface area contributed by atoms with E-state index >= 15 is 0 Å². The summed E-state index contributed by atoms with van der Waals surface area (Å²) in [5.41, 5.74) is -1.92. The van der Waals surface area contributed by atoms with Crippen LogP contribution in [0.5, 0.6) is 0 Å². The van der Waals surface area contributed by atoms with E-state index in [0.29, 0.717) is 5.56 Å². The van der Waals surface area contributed by atoms with Crippen LogP contribution < -0.4 is 10.6 Å². The lowest BCUT2D eigenvalue weighted by molar-refractivity contribution is -0.136. The van der Waals surface area contributed by atoms with E-state index in [4.69, 9.17) is 9.84 Å². The monoisotopic (exact) mass is 292 g/mol. The molecule has 7 nitrogen and oxygen atoms in total. The van der Waals surface area contributed by atoms with Gasteiger partial charge in [0, 0.05) is 7.11 Å². The Balaban J connectivity index is 2.59. The van der Waals surface area contributed by atoms with Crippen LogP contribution in [0.2, 0.25) is 0 Å². The summed E-state index contributed by atoms with van der Waals surface area (Å²) in [6.07, 6.45) is 0. The van der Waals surface area contributed by atoms with Crippen molar-refractivity contribution < 1.29 is 24.2 Å². The zero-order valence-electron chi connectivity index (χ0n) is 11.9. The van der Waals surface area contributed by atoms with Gasteiger partial charge < -0.3 is 15.2 Å². The fourth-order valence-corrected chi connectivity index (χ4v) is 2.45. The van der Waals surface area contributed by atoms with Gasteiger partial charge in [-0.1, -0.05) is 12.1 Å². The molecule has 1 aliphatic heterocycles. The van der Waals surface area contributed by atoms with Crippen molar-refractivity contribution in [2.24, 2.45) is 0 Å². The van der Waals surface area contributed by atoms with E-state index in [1.165, 1.54) is 31.4 Å². The number of carboxylic acid groups (broad SMARTS) is 1. The van der Waals surface area contributed by atoms with Gasteiger partial charge in [0.25, 0.3) is 5.91 Å². The molecule has 0 spiro atoms. The van der Waals surface area contributed by atoms with Crippen molar-refractivity contribution in [2.75, 3.05) is 7.11 Å². The van der Waals surface area contributed by atoms with Crippen LogP contribution in [0.25, 0.3) is 0 Å². The highest BCUT2D eigenvalue weighted by Gasteiger charge is 2.58. The van der Waals surface area contributed by atoms with Gasteiger partial charge in [-0.25, -0.2) is 9.59 Å². The predicted molar refractivity (Wildman–Crippen MR) is 72.8 cm³/mol. The summed E-state index contributed by atoms with van der Waals surface area (Å²) in [6, 6.07) is 5.13. The molecule has 0 aliphatic carbocycles. The molecule has 1 unspecified atom stereocenters. The minimum atomic E-state index is -1.42. The number of amides is 3. The maximum Gasteiger partial charge on any atom is 0.335 e. The average Bonchev–Trinajstić information content (AvgIpc) is 2.75. The first kappa shape index (κ1) is 15.0. The van der Waals surface area contributed by atoms with Crippen LogP contribution in [0.4, 0.5) is 4.79 Å². The second kappa shape index (κ2) is 4.85. The fourth-order valence-electron chi connectivity index (χ4n) is 2.45. The predicted octanol–water partition coefficient (Wildman–Crippen LogP) is 0.844. The summed E-state index contributed by atoms with van der Waals surface area (Å²) in [5.74, 6) is -1.61. The number of rotatable bonds is 4. The van der Waals surface area contributed by atoms with Crippen LogP contribution in [0.1, 0.15) is 29.8 Å². The van der Waals surface area contributed by atoms with Gasteiger partial charge in [0.05, 0.1) is 11.2 Å². The summed E-state index contributed by atoms with van der Waals surface area (Å²) in [5, 5.41) is 13.7. The summed E-state index contributed by atoms with van der Waals surface area (Å²) < 4.78 is 5.38. The molecule has 1 aliphatic rings. The molecule has 3 amide bonds. The number of hydrogen-bond donors (Lipinski definition) is 3. The van der Waals surface area contributed by atoms with Gasteiger partial charge in [0.15, 0.2) is 5.54 Å². The van der Waals surface area contributed by atoms with Crippen molar-refractivity contribution in [3.63, 3.8) is 0 Å². The van der Waals surface area contributed by atoms with Crippen LogP contribution in [0.3, 0.4) is 0 Å². The average molecular weight is 292 g/mol. The molecule has 0 saturated carbocycles. The van der Waals surface area contributed by atoms with Gasteiger partial charge >= 0.3 is 12.0 Å². The Morgan fingerprint density at radius 3 is 2.19 bits per heavy atom. The van der Waals surface area contributed by atoms with E-state index in [-0.39, 0.29) is 5.56 Å². The van der Waals surface area contributed by atoms with Gasteiger partial charge in [-0.05, 0) is 31.5 Å². The number of hydrogen-bond acceptors (Lipinski definition) is 4. The number of nitrogens with one attached hydrogen (secondary N) is 2. The number of benzene rings is 1. The molecule has 1 saturated heterocycles. The fraction of sp³-hybridized carbons (Fsp3) is 0.357. The topological polar surface area (TPSA) is 105 Å². The van der Waals surface area contributed by atoms with Gasteiger partial charge in [-0.15, -0.1) is 0 Å². The highest BCUT2D eigenvalue weighted by Crippen LogP contribution is 2.38. The molecule has 1 aromatic carbocycles. The number of carbonyl (C=O) groups excluding carboxylic acids is 2. The molecular formula is C14H16N2O5. The van der Waals surface area contributed by atoms with Crippen LogP contribution in [0.15, 0.2) is 24.3 Å². The number of urea groups is 1. The second-order valence-corrected chi connectivity index (χ2v) is 5.26. The Morgan fingerprint density at radius 1 is 1.24 bits per heavy atom. The summed E-state index contributed by atoms with van der Waals surface area (Å²) >= 11 is 0. The molecule has 0 radical (unpaired) electrons. The Morgan fingerprint density at radius 2 is 1.81 bits per heavy atom. The van der Waals surface area contributed by atoms with Gasteiger partial charge in [0.2, 0.25) is 0 Å². The first-order chi connectivity index (χ1) is 9.74. The Hall–Kier alpha value is -2.41. The molecule has 2 rings (SSSR count). The minimum Gasteiger partial charge on any atom is -0.478 e. The van der Waals surface area contributed by atoms with Gasteiger partial charge in [0.1, 0.15) is 0 Å². The van der Waals surface area contributed by atoms with Gasteiger partial charge in [-0.2, -0.15) is 0 Å². The molecule has 1 heterocycles. The summed E-state index contributed by atoms with van der Waals surface area (Å²) in [4.78, 5) is 34.8. The maximum atomic E-state index is 12.3. The van der Waals surface area contributed by atoms with E-state index in [2.05, 4.69) is 10.6 Å². The van der Waals surface area contributed by atoms with Crippen molar-refractivity contribution in [2.45, 2.75) is 25.0 Å². The standard InChI is InChI=1S/C14H16N2O5/c1-13(2,21-3)14(11(19)15-12(20)16-14)9-6-4-8(5-7-9)10(17)18/h4-7H,1-3H3,(H,17,18)(H2,15,16,19,20). The molecule has 112 valence electrons. The van der Waals surface area contributed by atoms with E-state index in [1.54, 1.807) is 13.8 Å². The van der Waals surface area contributed by atoms with E-state index < -0.39 is 29.0 Å². The largest absolute Gasteiger partial charge is 0.478 e. The molecule has 0 aromatic heterocycles. The molecule has 1 atom stereocenters. The minimum absolute atomic E-state index is 0.0915. The number of methoxy groups -OCH3 is 1. The smallest absolute Gasteiger partial charge is 0.335 e. The van der Waals surface area contributed by atoms with E-state index in [9.17, 15) is 14.4 Å². The Bertz CT molecular complexity index is 608. The lowest BCUT2D eigenvalue weighted by atomic mass is 9.76. The molecule has 0 bridgehead atoms. The quantitative estimate of drug-likeness (QED) is 0.713. The third-order valence-corrected chi connectivity index (χ3v) is 3.85. The third kappa shape index (κ3) is 2.15. The van der Waals surface area contributed by atoms with Crippen molar-refractivity contribution in [3.8, 4) is 0 Å². The molecule has 1 aromatic rings. The van der Waals surface area contributed by atoms with Crippen LogP contribution >= 0.6 is 0 Å². The number of carboxylic acids is 1. The van der Waals surface area contributed by atoms with Crippen molar-refractivity contribution >= 4 is 17.9 Å². The normalized spacial score (nSPS) is 21.9. The first-order valence-electron chi connectivity index (χ1n) is 6.27. The highest BCUT2D eigenvalue weighted by atomic mass is 16.5. The third-order valence-electron chi connectivity index (χ3n) is 3.85. The first-order valence-corrected chi connectivity index (χ1v) is 6.27. The Labute approximate surface area is 121 Å². The molecule has 1 fully saturated rings. The van der Waals surface area contributed by atoms with Gasteiger partial charge in [-0.3, -0.25) is 10.1 Å². The van der Waals surface area contributed by atoms with Crippen LogP contribution in [-0.2, 0) is 15.1 Å². The van der Waals surface area contributed by atoms with Crippen molar-refractivity contribution in [1.82, 2.24) is 10.6 Å². The number of imide groups is 1. The van der Waals surface area contributed by atoms with Crippen molar-refractivity contribution in [3.05, 3.63) is 35.4 Å². The Kier molecular flexibility index (Phi) is 3.46. The summed E-state index contributed by atoms with van der Waals surface area (Å²) in [6.45, 7) is 3.34. The summed E-state index contributed by atoms with van der Waals surface area (Å²) in [7, 11) is 1.44.